The molecular weight excluding hydrogens is 284 g/mol. The van der Waals surface area contributed by atoms with E-state index < -0.39 is 0 Å². The molecular formula is C17H22O5. The van der Waals surface area contributed by atoms with Crippen LogP contribution in [-0.2, 0) is 23.8 Å². The zero-order valence-electron chi connectivity index (χ0n) is 12.9. The number of carbonyl (C=O) groups excluding carboxylic acids is 2. The van der Waals surface area contributed by atoms with Gasteiger partial charge in [0.25, 0.3) is 0 Å². The molecule has 5 heteroatoms. The summed E-state index contributed by atoms with van der Waals surface area (Å²) in [5.41, 5.74) is 0. The average Bonchev–Trinajstić information content (AvgIpc) is 3.24. The third kappa shape index (κ3) is 1.53. The molecule has 6 rings (SSSR count). The van der Waals surface area contributed by atoms with E-state index in [1.54, 1.807) is 0 Å². The highest BCUT2D eigenvalue weighted by atomic mass is 16.6. The van der Waals surface area contributed by atoms with Crippen LogP contribution in [0, 0.1) is 35.5 Å². The first-order chi connectivity index (χ1) is 10.5. The third-order valence-corrected chi connectivity index (χ3v) is 7.09. The Morgan fingerprint density at radius 3 is 2.18 bits per heavy atom. The van der Waals surface area contributed by atoms with Crippen molar-refractivity contribution in [2.75, 3.05) is 0 Å². The fourth-order valence-corrected chi connectivity index (χ4v) is 5.77. The van der Waals surface area contributed by atoms with Crippen LogP contribution < -0.4 is 0 Å². The molecule has 4 aliphatic heterocycles. The lowest BCUT2D eigenvalue weighted by Gasteiger charge is -2.20. The molecule has 2 saturated carbocycles. The molecule has 6 fully saturated rings. The molecule has 0 radical (unpaired) electrons. The number of fused-ring (bicyclic) bond motifs is 2. The summed E-state index contributed by atoms with van der Waals surface area (Å²) in [6.07, 6.45) is 4.02. The lowest BCUT2D eigenvalue weighted by atomic mass is 9.83. The SMILES string of the molecule is C[C@@H]1C2CC3C(=O)OC1C3C2.C[C@@H]1C2CC3C(=O)OC1C3O2. The van der Waals surface area contributed by atoms with Gasteiger partial charge in [0, 0.05) is 11.8 Å². The quantitative estimate of drug-likeness (QED) is 0.635. The summed E-state index contributed by atoms with van der Waals surface area (Å²) >= 11 is 0. The van der Waals surface area contributed by atoms with Crippen molar-refractivity contribution in [3.05, 3.63) is 0 Å². The minimum absolute atomic E-state index is 0.0353. The van der Waals surface area contributed by atoms with Gasteiger partial charge in [-0.1, -0.05) is 13.8 Å². The maximum Gasteiger partial charge on any atom is 0.312 e. The Morgan fingerprint density at radius 2 is 1.55 bits per heavy atom. The van der Waals surface area contributed by atoms with Crippen LogP contribution in [0.1, 0.15) is 33.1 Å². The highest BCUT2D eigenvalue weighted by molar-refractivity contribution is 5.77. The number of ether oxygens (including phenoxy) is 3. The maximum atomic E-state index is 11.2. The number of esters is 2. The van der Waals surface area contributed by atoms with Crippen molar-refractivity contribution in [1.82, 2.24) is 0 Å². The number of hydrogen-bond donors (Lipinski definition) is 0. The number of carbonyl (C=O) groups is 2. The monoisotopic (exact) mass is 306 g/mol. The van der Waals surface area contributed by atoms with Crippen molar-refractivity contribution in [1.29, 1.82) is 0 Å². The summed E-state index contributed by atoms with van der Waals surface area (Å²) in [4.78, 5) is 22.4. The lowest BCUT2D eigenvalue weighted by Crippen LogP contribution is -2.29. The van der Waals surface area contributed by atoms with Crippen LogP contribution in [0.4, 0.5) is 0 Å². The van der Waals surface area contributed by atoms with Crippen LogP contribution in [-0.4, -0.2) is 36.4 Å². The number of hydrogen-bond acceptors (Lipinski definition) is 5. The van der Waals surface area contributed by atoms with Gasteiger partial charge in [-0.15, -0.1) is 0 Å². The van der Waals surface area contributed by atoms with E-state index in [9.17, 15) is 9.59 Å². The Morgan fingerprint density at radius 1 is 0.818 bits per heavy atom. The van der Waals surface area contributed by atoms with E-state index in [1.807, 2.05) is 0 Å². The van der Waals surface area contributed by atoms with Crippen molar-refractivity contribution in [2.45, 2.75) is 57.5 Å². The normalized spacial score (nSPS) is 58.6. The van der Waals surface area contributed by atoms with E-state index in [2.05, 4.69) is 13.8 Å². The molecule has 10 atom stereocenters. The second-order valence-corrected chi connectivity index (χ2v) is 8.00. The van der Waals surface area contributed by atoms with Gasteiger partial charge in [-0.2, -0.15) is 0 Å². The molecule has 5 nitrogen and oxygen atoms in total. The van der Waals surface area contributed by atoms with Crippen molar-refractivity contribution in [3.8, 4) is 0 Å². The van der Waals surface area contributed by atoms with Gasteiger partial charge in [0.1, 0.15) is 18.3 Å². The van der Waals surface area contributed by atoms with Crippen LogP contribution in [0.5, 0.6) is 0 Å². The van der Waals surface area contributed by atoms with Gasteiger partial charge in [-0.05, 0) is 31.1 Å². The van der Waals surface area contributed by atoms with Gasteiger partial charge in [0.05, 0.1) is 17.9 Å². The van der Waals surface area contributed by atoms with E-state index in [4.69, 9.17) is 14.2 Å². The molecule has 120 valence electrons. The van der Waals surface area contributed by atoms with Crippen molar-refractivity contribution in [3.63, 3.8) is 0 Å². The molecule has 22 heavy (non-hydrogen) atoms. The zero-order chi connectivity index (χ0) is 15.2. The summed E-state index contributed by atoms with van der Waals surface area (Å²) < 4.78 is 16.1. The van der Waals surface area contributed by atoms with Gasteiger partial charge < -0.3 is 14.2 Å². The average molecular weight is 306 g/mol. The largest absolute Gasteiger partial charge is 0.462 e. The summed E-state index contributed by atoms with van der Waals surface area (Å²) in [5.74, 6) is 2.87. The van der Waals surface area contributed by atoms with Crippen molar-refractivity contribution in [2.24, 2.45) is 35.5 Å². The zero-order valence-corrected chi connectivity index (χ0v) is 12.9. The van der Waals surface area contributed by atoms with Gasteiger partial charge in [0.15, 0.2) is 0 Å². The molecule has 2 aliphatic carbocycles. The highest BCUT2D eigenvalue weighted by Crippen LogP contribution is 2.57. The molecule has 6 aliphatic rings. The number of rotatable bonds is 0. The molecule has 0 aromatic rings. The molecule has 0 N–H and O–H groups in total. The van der Waals surface area contributed by atoms with Crippen molar-refractivity contribution >= 4 is 11.9 Å². The summed E-state index contributed by atoms with van der Waals surface area (Å²) in [6.45, 7) is 4.33. The first-order valence-corrected chi connectivity index (χ1v) is 8.61. The second kappa shape index (κ2) is 4.25. The lowest BCUT2D eigenvalue weighted by molar-refractivity contribution is -0.145. The third-order valence-electron chi connectivity index (χ3n) is 7.09. The van der Waals surface area contributed by atoms with E-state index in [-0.39, 0.29) is 30.1 Å². The van der Waals surface area contributed by atoms with E-state index in [0.717, 1.165) is 18.8 Å². The molecule has 0 aromatic heterocycles. The molecule has 0 spiro atoms. The predicted molar refractivity (Wildman–Crippen MR) is 74.6 cm³/mol. The first kappa shape index (κ1) is 13.3. The van der Waals surface area contributed by atoms with Gasteiger partial charge >= 0.3 is 11.9 Å². The minimum Gasteiger partial charge on any atom is -0.462 e. The van der Waals surface area contributed by atoms with Crippen LogP contribution in [0.2, 0.25) is 0 Å². The van der Waals surface area contributed by atoms with E-state index in [1.165, 1.54) is 6.42 Å². The summed E-state index contributed by atoms with van der Waals surface area (Å²) in [7, 11) is 0. The Labute approximate surface area is 129 Å². The standard InChI is InChI=1S/C9H12O2.C8H10O3/c1-4-5-2-6-7(3-5)9(10)11-8(4)6;1-3-5-2-4-7(10-5)6(3)11-8(4)9/h4-8H,2-3H2,1H3;3-7H,2H2,1H3/t4-,5?,6?,7?,8?;3-,4?,5?,6?,7?/m11/s1. The minimum atomic E-state index is -0.0353. The van der Waals surface area contributed by atoms with Gasteiger partial charge in [0.2, 0.25) is 0 Å². The molecule has 8 unspecified atom stereocenters. The van der Waals surface area contributed by atoms with E-state index >= 15 is 0 Å². The van der Waals surface area contributed by atoms with Gasteiger partial charge in [-0.25, -0.2) is 0 Å². The summed E-state index contributed by atoms with van der Waals surface area (Å²) in [5, 5.41) is 0. The topological polar surface area (TPSA) is 61.8 Å². The fourth-order valence-electron chi connectivity index (χ4n) is 5.77. The second-order valence-electron chi connectivity index (χ2n) is 8.00. The van der Waals surface area contributed by atoms with Crippen LogP contribution in [0.25, 0.3) is 0 Å². The predicted octanol–water partition coefficient (Wildman–Crippen LogP) is 1.54. The Kier molecular flexibility index (Phi) is 2.58. The van der Waals surface area contributed by atoms with E-state index in [0.29, 0.717) is 35.9 Å². The fraction of sp³-hybridized carbons (Fsp3) is 0.882. The Hall–Kier alpha value is -1.10. The molecule has 4 bridgehead atoms. The van der Waals surface area contributed by atoms with Gasteiger partial charge in [-0.3, -0.25) is 9.59 Å². The first-order valence-electron chi connectivity index (χ1n) is 8.61. The smallest absolute Gasteiger partial charge is 0.312 e. The Balaban J connectivity index is 0.000000102. The molecule has 0 aromatic carbocycles. The van der Waals surface area contributed by atoms with Crippen LogP contribution in [0.3, 0.4) is 0 Å². The maximum absolute atomic E-state index is 11.2. The summed E-state index contributed by atoms with van der Waals surface area (Å²) in [6, 6.07) is 0. The highest BCUT2D eigenvalue weighted by Gasteiger charge is 2.62. The Bertz CT molecular complexity index is 497. The van der Waals surface area contributed by atoms with Crippen LogP contribution in [0.15, 0.2) is 0 Å². The molecule has 0 amide bonds. The molecule has 4 saturated heterocycles. The molecule has 4 heterocycles. The van der Waals surface area contributed by atoms with Crippen molar-refractivity contribution < 1.29 is 23.8 Å². The van der Waals surface area contributed by atoms with Crippen LogP contribution >= 0.6 is 0 Å².